The molecule has 0 atom stereocenters. The highest BCUT2D eigenvalue weighted by atomic mass is 35.5. The minimum absolute atomic E-state index is 0.587. The topological polar surface area (TPSA) is 24.7 Å². The molecule has 1 aliphatic carbocycles. The Morgan fingerprint density at radius 1 is 1.56 bits per heavy atom. The highest BCUT2D eigenvalue weighted by Crippen LogP contribution is 2.44. The predicted octanol–water partition coefficient (Wildman–Crippen LogP) is 2.46. The Morgan fingerprint density at radius 2 is 2.33 bits per heavy atom. The van der Waals surface area contributed by atoms with Crippen LogP contribution in [0.1, 0.15) is 19.3 Å². The van der Waals surface area contributed by atoms with Crippen LogP contribution in [0, 0.1) is 0 Å². The Kier molecular flexibility index (Phi) is 0.943. The molecule has 0 aromatic carbocycles. The van der Waals surface area contributed by atoms with Crippen LogP contribution in [-0.4, -0.2) is 5.12 Å². The van der Waals surface area contributed by atoms with Crippen LogP contribution in [0.15, 0.2) is 21.9 Å². The molecule has 0 spiro atoms. The van der Waals surface area contributed by atoms with Gasteiger partial charge in [-0.15, -0.1) is 10.2 Å². The van der Waals surface area contributed by atoms with E-state index in [1.54, 1.807) is 0 Å². The van der Waals surface area contributed by atoms with Crippen molar-refractivity contribution in [3.63, 3.8) is 0 Å². The number of rotatable bonds is 1. The number of hydrogen-bond acceptors (Lipinski definition) is 2. The number of hydrogen-bond donors (Lipinski definition) is 0. The van der Waals surface area contributed by atoms with E-state index < -0.39 is 5.12 Å². The summed E-state index contributed by atoms with van der Waals surface area (Å²) < 4.78 is 0. The molecule has 1 heterocycles. The van der Waals surface area contributed by atoms with E-state index in [-0.39, 0.29) is 0 Å². The van der Waals surface area contributed by atoms with Gasteiger partial charge in [-0.25, -0.2) is 0 Å². The molecule has 0 saturated heterocycles. The Hall–Kier alpha value is -0.370. The third kappa shape index (κ3) is 0.778. The van der Waals surface area contributed by atoms with Gasteiger partial charge < -0.3 is 0 Å². The molecule has 2 aliphatic rings. The summed E-state index contributed by atoms with van der Waals surface area (Å²) in [6, 6.07) is 0. The van der Waals surface area contributed by atoms with Crippen molar-refractivity contribution in [1.29, 1.82) is 0 Å². The van der Waals surface area contributed by atoms with Crippen LogP contribution in [0.4, 0.5) is 0 Å². The quantitative estimate of drug-likeness (QED) is 0.305. The van der Waals surface area contributed by atoms with Crippen LogP contribution in [0.2, 0.25) is 0 Å². The zero-order chi connectivity index (χ0) is 6.32. The summed E-state index contributed by atoms with van der Waals surface area (Å²) in [4.78, 5) is 0. The van der Waals surface area contributed by atoms with E-state index in [9.17, 15) is 0 Å². The van der Waals surface area contributed by atoms with E-state index in [1.165, 1.54) is 12.0 Å². The van der Waals surface area contributed by atoms with Gasteiger partial charge in [-0.3, -0.25) is 0 Å². The van der Waals surface area contributed by atoms with E-state index in [4.69, 9.17) is 11.6 Å². The number of allylic oxidation sites excluding steroid dienone is 1. The van der Waals surface area contributed by atoms with Gasteiger partial charge in [-0.05, 0) is 24.8 Å². The molecule has 0 aromatic heterocycles. The average Bonchev–Trinajstić information content (AvgIpc) is 2.46. The molecule has 0 radical (unpaired) electrons. The fourth-order valence-electron chi connectivity index (χ4n) is 1.13. The number of alkyl halides is 1. The van der Waals surface area contributed by atoms with Crippen LogP contribution in [0.3, 0.4) is 0 Å². The van der Waals surface area contributed by atoms with Crippen LogP contribution < -0.4 is 0 Å². The van der Waals surface area contributed by atoms with Crippen molar-refractivity contribution in [2.24, 2.45) is 10.2 Å². The number of halogens is 1. The lowest BCUT2D eigenvalue weighted by Crippen LogP contribution is -2.01. The second kappa shape index (κ2) is 1.57. The van der Waals surface area contributed by atoms with Gasteiger partial charge in [0.05, 0.1) is 0 Å². The maximum atomic E-state index is 5.85. The summed E-state index contributed by atoms with van der Waals surface area (Å²) in [6.45, 7) is 0. The molecule has 0 fully saturated rings. The SMILES string of the molecule is ClC1(C2=CCCC2)N=N1. The van der Waals surface area contributed by atoms with Crippen molar-refractivity contribution >= 4 is 11.6 Å². The predicted molar refractivity (Wildman–Crippen MR) is 35.4 cm³/mol. The molecule has 2 rings (SSSR count). The van der Waals surface area contributed by atoms with Crippen LogP contribution in [0.5, 0.6) is 0 Å². The lowest BCUT2D eigenvalue weighted by atomic mass is 10.2. The van der Waals surface area contributed by atoms with Crippen molar-refractivity contribution in [2.75, 3.05) is 0 Å². The van der Waals surface area contributed by atoms with Crippen molar-refractivity contribution < 1.29 is 0 Å². The highest BCUT2D eigenvalue weighted by Gasteiger charge is 2.42. The molecule has 48 valence electrons. The van der Waals surface area contributed by atoms with Gasteiger partial charge in [0.2, 0.25) is 0 Å². The smallest absolute Gasteiger partial charge is 0.135 e. The van der Waals surface area contributed by atoms with Gasteiger partial charge >= 0.3 is 0 Å². The Bertz CT molecular complexity index is 189. The molecule has 0 aromatic rings. The molecule has 0 N–H and O–H groups in total. The summed E-state index contributed by atoms with van der Waals surface area (Å²) in [6.07, 6.45) is 5.59. The van der Waals surface area contributed by atoms with Crippen molar-refractivity contribution in [1.82, 2.24) is 0 Å². The van der Waals surface area contributed by atoms with Gasteiger partial charge in [0.1, 0.15) is 0 Å². The third-order valence-electron chi connectivity index (χ3n) is 1.73. The second-order valence-corrected chi connectivity index (χ2v) is 2.94. The van der Waals surface area contributed by atoms with Gasteiger partial charge in [-0.1, -0.05) is 17.7 Å². The number of nitrogens with zero attached hydrogens (tertiary/aromatic N) is 2. The van der Waals surface area contributed by atoms with Crippen LogP contribution in [0.25, 0.3) is 0 Å². The molecule has 2 nitrogen and oxygen atoms in total. The fourth-order valence-corrected chi connectivity index (χ4v) is 1.34. The largest absolute Gasteiger partial charge is 0.285 e. The maximum absolute atomic E-state index is 5.85. The monoisotopic (exact) mass is 142 g/mol. The van der Waals surface area contributed by atoms with E-state index in [1.807, 2.05) is 0 Å². The highest BCUT2D eigenvalue weighted by molar-refractivity contribution is 6.26. The zero-order valence-electron chi connectivity index (χ0n) is 4.97. The second-order valence-electron chi connectivity index (χ2n) is 2.41. The molecule has 3 heteroatoms. The summed E-state index contributed by atoms with van der Waals surface area (Å²) in [7, 11) is 0. The fraction of sp³-hybridized carbons (Fsp3) is 0.667. The van der Waals surface area contributed by atoms with Crippen molar-refractivity contribution in [2.45, 2.75) is 24.4 Å². The molecule has 0 amide bonds. The van der Waals surface area contributed by atoms with Crippen molar-refractivity contribution in [3.8, 4) is 0 Å². The molecule has 0 unspecified atom stereocenters. The van der Waals surface area contributed by atoms with Crippen LogP contribution in [-0.2, 0) is 0 Å². The molecule has 9 heavy (non-hydrogen) atoms. The lowest BCUT2D eigenvalue weighted by molar-refractivity contribution is 0.848. The minimum atomic E-state index is -0.587. The average molecular weight is 143 g/mol. The zero-order valence-corrected chi connectivity index (χ0v) is 5.73. The summed E-state index contributed by atoms with van der Waals surface area (Å²) in [5.41, 5.74) is 1.20. The van der Waals surface area contributed by atoms with Gasteiger partial charge in [-0.2, -0.15) is 0 Å². The first-order chi connectivity index (χ1) is 4.31. The third-order valence-corrected chi connectivity index (χ3v) is 2.12. The summed E-state index contributed by atoms with van der Waals surface area (Å²) in [5, 5.41) is 6.89. The Labute approximate surface area is 58.6 Å². The maximum Gasteiger partial charge on any atom is 0.285 e. The van der Waals surface area contributed by atoms with E-state index in [2.05, 4.69) is 16.3 Å². The molecular formula is C6H7ClN2. The van der Waals surface area contributed by atoms with E-state index in [0.717, 1.165) is 12.8 Å². The Morgan fingerprint density at radius 3 is 2.78 bits per heavy atom. The lowest BCUT2D eigenvalue weighted by Gasteiger charge is -1.99. The van der Waals surface area contributed by atoms with Crippen molar-refractivity contribution in [3.05, 3.63) is 11.6 Å². The molecule has 0 bridgehead atoms. The molecule has 0 saturated carbocycles. The first-order valence-corrected chi connectivity index (χ1v) is 3.51. The summed E-state index contributed by atoms with van der Waals surface area (Å²) in [5.74, 6) is 0. The summed E-state index contributed by atoms with van der Waals surface area (Å²) >= 11 is 5.85. The Balaban J connectivity index is 2.13. The van der Waals surface area contributed by atoms with Crippen LogP contribution >= 0.6 is 11.6 Å². The molecular weight excluding hydrogens is 136 g/mol. The van der Waals surface area contributed by atoms with E-state index in [0.29, 0.717) is 0 Å². The normalized spacial score (nSPS) is 28.3. The molecule has 1 aliphatic heterocycles. The van der Waals surface area contributed by atoms with Gasteiger partial charge in [0.25, 0.3) is 5.12 Å². The van der Waals surface area contributed by atoms with Gasteiger partial charge in [0.15, 0.2) is 0 Å². The van der Waals surface area contributed by atoms with Gasteiger partial charge in [0, 0.05) is 0 Å². The first kappa shape index (κ1) is 5.42. The minimum Gasteiger partial charge on any atom is -0.135 e. The first-order valence-electron chi connectivity index (χ1n) is 3.14. The van der Waals surface area contributed by atoms with E-state index >= 15 is 0 Å². The standard InChI is InChI=1S/C6H7ClN2/c7-6(8-9-6)5-3-1-2-4-5/h3H,1-2,4H2.